The van der Waals surface area contributed by atoms with Gasteiger partial charge in [-0.2, -0.15) is 0 Å². The zero-order valence-electron chi connectivity index (χ0n) is 7.29. The summed E-state index contributed by atoms with van der Waals surface area (Å²) in [5.41, 5.74) is 2.51. The Labute approximate surface area is 73.1 Å². The van der Waals surface area contributed by atoms with Crippen molar-refractivity contribution in [2.45, 2.75) is 32.1 Å². The van der Waals surface area contributed by atoms with E-state index in [0.717, 1.165) is 31.5 Å². The molecule has 0 aromatic heterocycles. The van der Waals surface area contributed by atoms with Crippen molar-refractivity contribution in [3.05, 3.63) is 23.4 Å². The first-order valence-corrected chi connectivity index (χ1v) is 4.73. The van der Waals surface area contributed by atoms with Crippen LogP contribution in [-0.4, -0.2) is 16.8 Å². The lowest BCUT2D eigenvalue weighted by molar-refractivity contribution is -0.0512. The van der Waals surface area contributed by atoms with Crippen LogP contribution in [0.4, 0.5) is 0 Å². The third-order valence-corrected chi connectivity index (χ3v) is 2.63. The SMILES string of the molecule is ON1CCCCC2=C1C=CCC2. The Morgan fingerprint density at radius 2 is 2.17 bits per heavy atom. The highest BCUT2D eigenvalue weighted by atomic mass is 16.5. The molecule has 2 aliphatic rings. The molecule has 12 heavy (non-hydrogen) atoms. The number of allylic oxidation sites excluding steroid dienone is 3. The van der Waals surface area contributed by atoms with Crippen LogP contribution in [0.25, 0.3) is 0 Å². The maximum absolute atomic E-state index is 9.61. The summed E-state index contributed by atoms with van der Waals surface area (Å²) in [4.78, 5) is 0. The lowest BCUT2D eigenvalue weighted by atomic mass is 9.98. The quantitative estimate of drug-likeness (QED) is 0.596. The van der Waals surface area contributed by atoms with Gasteiger partial charge in [0.15, 0.2) is 0 Å². The fraction of sp³-hybridized carbons (Fsp3) is 0.600. The molecule has 0 aromatic rings. The van der Waals surface area contributed by atoms with Gasteiger partial charge in [-0.3, -0.25) is 10.3 Å². The summed E-state index contributed by atoms with van der Waals surface area (Å²) in [5, 5.41) is 11.0. The minimum absolute atomic E-state index is 0.795. The van der Waals surface area contributed by atoms with Crippen LogP contribution in [0.3, 0.4) is 0 Å². The summed E-state index contributed by atoms with van der Waals surface area (Å²) < 4.78 is 0. The van der Waals surface area contributed by atoms with Crippen molar-refractivity contribution in [3.8, 4) is 0 Å². The monoisotopic (exact) mass is 165 g/mol. The molecule has 1 heterocycles. The fourth-order valence-electron chi connectivity index (χ4n) is 1.94. The second-order valence-electron chi connectivity index (χ2n) is 3.51. The summed E-state index contributed by atoms with van der Waals surface area (Å²) in [7, 11) is 0. The van der Waals surface area contributed by atoms with Crippen LogP contribution in [-0.2, 0) is 0 Å². The maximum atomic E-state index is 9.61. The van der Waals surface area contributed by atoms with Crippen LogP contribution in [0.5, 0.6) is 0 Å². The molecule has 1 aliphatic carbocycles. The average Bonchev–Trinajstić information content (AvgIpc) is 2.29. The summed E-state index contributed by atoms with van der Waals surface area (Å²) in [6, 6.07) is 0. The molecule has 0 amide bonds. The molecule has 1 N–H and O–H groups in total. The number of hydroxylamine groups is 2. The molecule has 0 unspecified atom stereocenters. The predicted molar refractivity (Wildman–Crippen MR) is 47.7 cm³/mol. The van der Waals surface area contributed by atoms with Gasteiger partial charge in [0.2, 0.25) is 0 Å². The Morgan fingerprint density at radius 3 is 3.08 bits per heavy atom. The summed E-state index contributed by atoms with van der Waals surface area (Å²) in [6.07, 6.45) is 10.0. The van der Waals surface area contributed by atoms with Gasteiger partial charge in [-0.25, -0.2) is 0 Å². The molecule has 0 saturated heterocycles. The average molecular weight is 165 g/mol. The fourth-order valence-corrected chi connectivity index (χ4v) is 1.94. The van der Waals surface area contributed by atoms with Crippen LogP contribution in [0.2, 0.25) is 0 Å². The van der Waals surface area contributed by atoms with E-state index >= 15 is 0 Å². The van der Waals surface area contributed by atoms with Gasteiger partial charge in [0.25, 0.3) is 0 Å². The molecule has 0 aromatic carbocycles. The van der Waals surface area contributed by atoms with Crippen molar-refractivity contribution < 1.29 is 5.21 Å². The van der Waals surface area contributed by atoms with Gasteiger partial charge in [0.05, 0.1) is 5.70 Å². The van der Waals surface area contributed by atoms with E-state index < -0.39 is 0 Å². The van der Waals surface area contributed by atoms with E-state index in [4.69, 9.17) is 0 Å². The Kier molecular flexibility index (Phi) is 2.17. The molecule has 0 bridgehead atoms. The standard InChI is InChI=1S/C10H15NO/c12-11-8-4-3-6-9-5-1-2-7-10(9)11/h2,7,12H,1,3-6,8H2. The van der Waals surface area contributed by atoms with Crippen LogP contribution in [0.1, 0.15) is 32.1 Å². The zero-order valence-corrected chi connectivity index (χ0v) is 7.29. The molecule has 0 fully saturated rings. The van der Waals surface area contributed by atoms with Gasteiger partial charge in [0, 0.05) is 6.54 Å². The molecule has 0 spiro atoms. The lowest BCUT2D eigenvalue weighted by Gasteiger charge is -2.20. The second-order valence-corrected chi connectivity index (χ2v) is 3.51. The molecule has 0 radical (unpaired) electrons. The second kappa shape index (κ2) is 3.31. The maximum Gasteiger partial charge on any atom is 0.0623 e. The van der Waals surface area contributed by atoms with Gasteiger partial charge in [0.1, 0.15) is 0 Å². The number of hydrogen-bond donors (Lipinski definition) is 1. The summed E-state index contributed by atoms with van der Waals surface area (Å²) in [6.45, 7) is 0.795. The minimum atomic E-state index is 0.795. The molecule has 2 heteroatoms. The third kappa shape index (κ3) is 1.39. The smallest absolute Gasteiger partial charge is 0.0623 e. The zero-order chi connectivity index (χ0) is 8.39. The van der Waals surface area contributed by atoms with E-state index in [1.54, 1.807) is 0 Å². The van der Waals surface area contributed by atoms with E-state index in [1.807, 2.05) is 0 Å². The van der Waals surface area contributed by atoms with Gasteiger partial charge in [-0.1, -0.05) is 6.08 Å². The number of nitrogens with zero attached hydrogens (tertiary/aromatic N) is 1. The molecule has 2 nitrogen and oxygen atoms in total. The highest BCUT2D eigenvalue weighted by Gasteiger charge is 2.16. The van der Waals surface area contributed by atoms with Crippen molar-refractivity contribution in [1.82, 2.24) is 5.06 Å². The van der Waals surface area contributed by atoms with E-state index in [1.165, 1.54) is 23.5 Å². The van der Waals surface area contributed by atoms with Crippen LogP contribution < -0.4 is 0 Å². The van der Waals surface area contributed by atoms with Crippen molar-refractivity contribution in [1.29, 1.82) is 0 Å². The highest BCUT2D eigenvalue weighted by Crippen LogP contribution is 2.27. The molecular weight excluding hydrogens is 150 g/mol. The van der Waals surface area contributed by atoms with E-state index in [-0.39, 0.29) is 0 Å². The Balaban J connectivity index is 2.25. The predicted octanol–water partition coefficient (Wildman–Crippen LogP) is 2.47. The molecule has 1 aliphatic heterocycles. The number of hydrogen-bond acceptors (Lipinski definition) is 2. The first kappa shape index (κ1) is 7.87. The highest BCUT2D eigenvalue weighted by molar-refractivity contribution is 5.28. The van der Waals surface area contributed by atoms with Crippen LogP contribution in [0.15, 0.2) is 23.4 Å². The van der Waals surface area contributed by atoms with Crippen molar-refractivity contribution >= 4 is 0 Å². The van der Waals surface area contributed by atoms with Crippen LogP contribution in [0, 0.1) is 0 Å². The number of rotatable bonds is 0. The Bertz CT molecular complexity index is 230. The van der Waals surface area contributed by atoms with Gasteiger partial charge < -0.3 is 0 Å². The topological polar surface area (TPSA) is 23.5 Å². The van der Waals surface area contributed by atoms with Crippen molar-refractivity contribution in [2.75, 3.05) is 6.54 Å². The van der Waals surface area contributed by atoms with Crippen molar-refractivity contribution in [2.24, 2.45) is 0 Å². The minimum Gasteiger partial charge on any atom is -0.288 e. The Hall–Kier alpha value is -0.760. The lowest BCUT2D eigenvalue weighted by Crippen LogP contribution is -2.19. The van der Waals surface area contributed by atoms with Gasteiger partial charge >= 0.3 is 0 Å². The third-order valence-electron chi connectivity index (χ3n) is 2.63. The van der Waals surface area contributed by atoms with Crippen molar-refractivity contribution in [3.63, 3.8) is 0 Å². The van der Waals surface area contributed by atoms with Gasteiger partial charge in [-0.05, 0) is 43.8 Å². The van der Waals surface area contributed by atoms with E-state index in [2.05, 4.69) is 12.2 Å². The molecule has 0 atom stereocenters. The first-order chi connectivity index (χ1) is 5.88. The molecule has 66 valence electrons. The van der Waals surface area contributed by atoms with E-state index in [9.17, 15) is 5.21 Å². The summed E-state index contributed by atoms with van der Waals surface area (Å²) in [5.74, 6) is 0. The summed E-state index contributed by atoms with van der Waals surface area (Å²) >= 11 is 0. The van der Waals surface area contributed by atoms with E-state index in [0.29, 0.717) is 0 Å². The molecule has 0 saturated carbocycles. The van der Waals surface area contributed by atoms with Gasteiger partial charge in [-0.15, -0.1) is 0 Å². The normalized spacial score (nSPS) is 23.9. The Morgan fingerprint density at radius 1 is 1.25 bits per heavy atom. The van der Waals surface area contributed by atoms with Crippen LogP contribution >= 0.6 is 0 Å². The largest absolute Gasteiger partial charge is 0.288 e. The molecular formula is C10H15NO. The first-order valence-electron chi connectivity index (χ1n) is 4.73. The molecule has 2 rings (SSSR count).